The standard InChI is InChI=1S/C21H16F2N2O4S/c1-9(2)18(27)15-17(10-3-5-12(26)6-4-10)25(20(29)19(15)28)21-24-16-13(23)7-11(22)8-14(16)30-21/h3-9,17,26,28H,1-2H3. The van der Waals surface area contributed by atoms with Crippen molar-refractivity contribution in [2.75, 3.05) is 4.90 Å². The fourth-order valence-corrected chi connectivity index (χ4v) is 4.42. The number of amides is 1. The van der Waals surface area contributed by atoms with Gasteiger partial charge in [-0.25, -0.2) is 13.8 Å². The van der Waals surface area contributed by atoms with E-state index in [1.807, 2.05) is 0 Å². The van der Waals surface area contributed by atoms with Gasteiger partial charge >= 0.3 is 0 Å². The summed E-state index contributed by atoms with van der Waals surface area (Å²) in [6.45, 7) is 3.28. The molecule has 1 unspecified atom stereocenters. The van der Waals surface area contributed by atoms with Gasteiger partial charge in [0.25, 0.3) is 5.91 Å². The zero-order chi connectivity index (χ0) is 21.7. The summed E-state index contributed by atoms with van der Waals surface area (Å²) in [5.74, 6) is -4.19. The molecule has 1 atom stereocenters. The number of Topliss-reactive ketones (excluding diaryl/α,β-unsaturated/α-hetero) is 1. The van der Waals surface area contributed by atoms with Crippen molar-refractivity contribution in [2.45, 2.75) is 19.9 Å². The summed E-state index contributed by atoms with van der Waals surface area (Å²) < 4.78 is 27.9. The van der Waals surface area contributed by atoms with Crippen molar-refractivity contribution in [3.8, 4) is 5.75 Å². The van der Waals surface area contributed by atoms with Crippen molar-refractivity contribution in [1.82, 2.24) is 4.98 Å². The van der Waals surface area contributed by atoms with Crippen molar-refractivity contribution in [2.24, 2.45) is 5.92 Å². The average molecular weight is 430 g/mol. The maximum atomic E-state index is 14.2. The number of halogens is 2. The highest BCUT2D eigenvalue weighted by Gasteiger charge is 2.46. The fourth-order valence-electron chi connectivity index (χ4n) is 3.39. The van der Waals surface area contributed by atoms with E-state index in [2.05, 4.69) is 4.98 Å². The number of aromatic hydroxyl groups is 1. The summed E-state index contributed by atoms with van der Waals surface area (Å²) >= 11 is 0.868. The molecule has 0 saturated carbocycles. The molecule has 2 N–H and O–H groups in total. The van der Waals surface area contributed by atoms with Gasteiger partial charge in [0, 0.05) is 12.0 Å². The number of aliphatic hydroxyl groups excluding tert-OH is 1. The zero-order valence-electron chi connectivity index (χ0n) is 15.9. The molecule has 0 fully saturated rings. The predicted molar refractivity (Wildman–Crippen MR) is 107 cm³/mol. The number of fused-ring (bicyclic) bond motifs is 1. The number of thiazole rings is 1. The molecule has 154 valence electrons. The Labute approximate surface area is 173 Å². The van der Waals surface area contributed by atoms with Crippen molar-refractivity contribution in [3.63, 3.8) is 0 Å². The average Bonchev–Trinajstić information content (AvgIpc) is 3.21. The minimum atomic E-state index is -1.03. The van der Waals surface area contributed by atoms with Crippen molar-refractivity contribution in [1.29, 1.82) is 0 Å². The summed E-state index contributed by atoms with van der Waals surface area (Å²) in [6, 6.07) is 6.57. The number of aliphatic hydroxyl groups is 1. The Morgan fingerprint density at radius 1 is 1.17 bits per heavy atom. The van der Waals surface area contributed by atoms with E-state index < -0.39 is 41.0 Å². The van der Waals surface area contributed by atoms with Crippen LogP contribution in [0.25, 0.3) is 10.2 Å². The smallest absolute Gasteiger partial charge is 0.296 e. The molecule has 0 saturated heterocycles. The van der Waals surface area contributed by atoms with Crippen LogP contribution in [-0.2, 0) is 9.59 Å². The minimum Gasteiger partial charge on any atom is -0.508 e. The summed E-state index contributed by atoms with van der Waals surface area (Å²) in [7, 11) is 0. The second-order valence-electron chi connectivity index (χ2n) is 7.18. The van der Waals surface area contributed by atoms with Crippen LogP contribution < -0.4 is 4.90 Å². The van der Waals surface area contributed by atoms with E-state index in [0.29, 0.717) is 11.6 Å². The number of carbonyl (C=O) groups excluding carboxylic acids is 2. The SMILES string of the molecule is CC(C)C(=O)C1=C(O)C(=O)N(c2nc3c(F)cc(F)cc3s2)C1c1ccc(O)cc1. The first kappa shape index (κ1) is 20.0. The van der Waals surface area contributed by atoms with E-state index in [0.717, 1.165) is 22.3 Å². The van der Waals surface area contributed by atoms with E-state index in [9.17, 15) is 28.6 Å². The molecule has 0 bridgehead atoms. The lowest BCUT2D eigenvalue weighted by atomic mass is 9.91. The monoisotopic (exact) mass is 430 g/mol. The van der Waals surface area contributed by atoms with Crippen LogP contribution in [0.3, 0.4) is 0 Å². The lowest BCUT2D eigenvalue weighted by Gasteiger charge is -2.25. The quantitative estimate of drug-likeness (QED) is 0.640. The Bertz CT molecular complexity index is 1220. The first-order valence-electron chi connectivity index (χ1n) is 9.04. The number of phenols is 1. The Morgan fingerprint density at radius 2 is 1.83 bits per heavy atom. The van der Waals surface area contributed by atoms with Gasteiger partial charge in [-0.15, -0.1) is 0 Å². The third kappa shape index (κ3) is 3.11. The van der Waals surface area contributed by atoms with Crippen LogP contribution in [-0.4, -0.2) is 26.9 Å². The molecule has 1 aliphatic rings. The minimum absolute atomic E-state index is 0.00989. The number of ketones is 1. The Morgan fingerprint density at radius 3 is 2.47 bits per heavy atom. The van der Waals surface area contributed by atoms with Gasteiger partial charge in [0.1, 0.15) is 17.1 Å². The number of benzene rings is 2. The van der Waals surface area contributed by atoms with Gasteiger partial charge in [-0.2, -0.15) is 0 Å². The van der Waals surface area contributed by atoms with Gasteiger partial charge in [0.05, 0.1) is 16.3 Å². The molecule has 4 rings (SSSR count). The lowest BCUT2D eigenvalue weighted by molar-refractivity contribution is -0.119. The van der Waals surface area contributed by atoms with Crippen LogP contribution >= 0.6 is 11.3 Å². The lowest BCUT2D eigenvalue weighted by Crippen LogP contribution is -2.31. The fraction of sp³-hybridized carbons (Fsp3) is 0.190. The maximum absolute atomic E-state index is 14.2. The van der Waals surface area contributed by atoms with Crippen molar-refractivity contribution < 1.29 is 28.6 Å². The summed E-state index contributed by atoms with van der Waals surface area (Å²) in [6.07, 6.45) is 0. The van der Waals surface area contributed by atoms with Crippen LogP contribution in [0.1, 0.15) is 25.5 Å². The Hall–Kier alpha value is -3.33. The third-order valence-corrected chi connectivity index (χ3v) is 5.82. The molecule has 0 aliphatic carbocycles. The predicted octanol–water partition coefficient (Wildman–Crippen LogP) is 4.41. The molecule has 1 amide bonds. The molecular formula is C21H16F2N2O4S. The maximum Gasteiger partial charge on any atom is 0.296 e. The van der Waals surface area contributed by atoms with E-state index in [-0.39, 0.29) is 26.7 Å². The highest BCUT2D eigenvalue weighted by Crippen LogP contribution is 2.44. The normalized spacial score (nSPS) is 16.9. The summed E-state index contributed by atoms with van der Waals surface area (Å²) in [5, 5.41) is 20.1. The highest BCUT2D eigenvalue weighted by atomic mass is 32.1. The molecule has 1 aromatic heterocycles. The molecule has 30 heavy (non-hydrogen) atoms. The molecule has 1 aliphatic heterocycles. The second kappa shape index (κ2) is 7.17. The topological polar surface area (TPSA) is 90.7 Å². The summed E-state index contributed by atoms with van der Waals surface area (Å²) in [4.78, 5) is 31.0. The molecule has 0 radical (unpaired) electrons. The first-order valence-corrected chi connectivity index (χ1v) is 9.86. The number of nitrogens with zero attached hydrogens (tertiary/aromatic N) is 2. The molecule has 2 aromatic carbocycles. The van der Waals surface area contributed by atoms with Crippen LogP contribution in [0, 0.1) is 17.6 Å². The number of hydrogen-bond acceptors (Lipinski definition) is 6. The van der Waals surface area contributed by atoms with Gasteiger partial charge in [0.2, 0.25) is 0 Å². The van der Waals surface area contributed by atoms with Crippen molar-refractivity contribution in [3.05, 3.63) is 64.9 Å². The first-order chi connectivity index (χ1) is 14.2. The van der Waals surface area contributed by atoms with E-state index in [1.54, 1.807) is 13.8 Å². The van der Waals surface area contributed by atoms with E-state index in [4.69, 9.17) is 0 Å². The van der Waals surface area contributed by atoms with E-state index >= 15 is 0 Å². The number of hydrogen-bond donors (Lipinski definition) is 2. The van der Waals surface area contributed by atoms with Crippen LogP contribution in [0.5, 0.6) is 5.75 Å². The van der Waals surface area contributed by atoms with Gasteiger partial charge in [-0.1, -0.05) is 37.3 Å². The number of anilines is 1. The zero-order valence-corrected chi connectivity index (χ0v) is 16.7. The number of aromatic nitrogens is 1. The number of phenolic OH excluding ortho intramolecular Hbond substituents is 1. The Balaban J connectivity index is 1.92. The number of carbonyl (C=O) groups is 2. The van der Waals surface area contributed by atoms with Gasteiger partial charge < -0.3 is 10.2 Å². The molecule has 6 nitrogen and oxygen atoms in total. The second-order valence-corrected chi connectivity index (χ2v) is 8.19. The molecule has 9 heteroatoms. The van der Waals surface area contributed by atoms with Gasteiger partial charge in [-0.05, 0) is 23.8 Å². The molecular weight excluding hydrogens is 414 g/mol. The third-order valence-electron chi connectivity index (χ3n) is 4.81. The van der Waals surface area contributed by atoms with Gasteiger partial charge in [0.15, 0.2) is 22.5 Å². The molecule has 3 aromatic rings. The molecule has 2 heterocycles. The van der Waals surface area contributed by atoms with Crippen LogP contribution in [0.2, 0.25) is 0 Å². The highest BCUT2D eigenvalue weighted by molar-refractivity contribution is 7.22. The van der Waals surface area contributed by atoms with E-state index in [1.165, 1.54) is 24.3 Å². The Kier molecular flexibility index (Phi) is 4.77. The summed E-state index contributed by atoms with van der Waals surface area (Å²) in [5.41, 5.74) is 0.225. The van der Waals surface area contributed by atoms with Gasteiger partial charge in [-0.3, -0.25) is 14.5 Å². The molecule has 0 spiro atoms. The van der Waals surface area contributed by atoms with Crippen LogP contribution in [0.15, 0.2) is 47.7 Å². The van der Waals surface area contributed by atoms with Crippen LogP contribution in [0.4, 0.5) is 13.9 Å². The largest absolute Gasteiger partial charge is 0.508 e. The van der Waals surface area contributed by atoms with Crippen molar-refractivity contribution >= 4 is 38.4 Å². The number of rotatable bonds is 4.